The first kappa shape index (κ1) is 11.1. The van der Waals surface area contributed by atoms with Crippen molar-refractivity contribution in [1.29, 1.82) is 0 Å². The van der Waals surface area contributed by atoms with E-state index in [9.17, 15) is 0 Å². The number of halogens is 2. The molecule has 2 heterocycles. The summed E-state index contributed by atoms with van der Waals surface area (Å²) in [6, 6.07) is 5.60. The maximum absolute atomic E-state index is 6.03. The molecule has 3 rings (SSSR count). The zero-order valence-electron chi connectivity index (χ0n) is 9.16. The van der Waals surface area contributed by atoms with Crippen molar-refractivity contribution in [2.45, 2.75) is 12.8 Å². The van der Waals surface area contributed by atoms with Crippen molar-refractivity contribution < 1.29 is 0 Å². The molecule has 3 nitrogen and oxygen atoms in total. The van der Waals surface area contributed by atoms with Crippen LogP contribution in [0.4, 0.5) is 5.82 Å². The Bertz CT molecular complexity index is 565. The quantitative estimate of drug-likeness (QED) is 0.741. The molecule has 5 heteroatoms. The third kappa shape index (κ3) is 2.05. The first-order valence-electron chi connectivity index (χ1n) is 5.62. The number of rotatable bonds is 1. The van der Waals surface area contributed by atoms with Crippen molar-refractivity contribution in [2.75, 3.05) is 18.0 Å². The molecule has 0 spiro atoms. The van der Waals surface area contributed by atoms with Crippen LogP contribution in [0.2, 0.25) is 10.3 Å². The van der Waals surface area contributed by atoms with Crippen molar-refractivity contribution >= 4 is 39.9 Å². The average Bonchev–Trinajstić information content (AvgIpc) is 2.82. The fraction of sp³-hybridized carbons (Fsp3) is 0.333. The third-order valence-electron chi connectivity index (χ3n) is 3.02. The number of hydrogen-bond acceptors (Lipinski definition) is 3. The van der Waals surface area contributed by atoms with Gasteiger partial charge in [-0.15, -0.1) is 0 Å². The van der Waals surface area contributed by atoms with Crippen LogP contribution in [0.25, 0.3) is 10.9 Å². The highest BCUT2D eigenvalue weighted by molar-refractivity contribution is 6.31. The Kier molecular flexibility index (Phi) is 2.81. The minimum atomic E-state index is 0.293. The summed E-state index contributed by atoms with van der Waals surface area (Å²) in [6.07, 6.45) is 2.40. The molecule has 88 valence electrons. The first-order chi connectivity index (χ1) is 8.24. The predicted octanol–water partition coefficient (Wildman–Crippen LogP) is 3.54. The van der Waals surface area contributed by atoms with Gasteiger partial charge in [-0.25, -0.2) is 4.98 Å². The smallest absolute Gasteiger partial charge is 0.224 e. The van der Waals surface area contributed by atoms with Gasteiger partial charge in [0.15, 0.2) is 0 Å². The summed E-state index contributed by atoms with van der Waals surface area (Å²) in [4.78, 5) is 10.8. The van der Waals surface area contributed by atoms with Crippen LogP contribution in [0, 0.1) is 0 Å². The highest BCUT2D eigenvalue weighted by Gasteiger charge is 2.17. The summed E-state index contributed by atoms with van der Waals surface area (Å²) >= 11 is 12.0. The fourth-order valence-corrected chi connectivity index (χ4v) is 2.57. The first-order valence-corrected chi connectivity index (χ1v) is 6.37. The monoisotopic (exact) mass is 267 g/mol. The second kappa shape index (κ2) is 4.31. The van der Waals surface area contributed by atoms with Crippen LogP contribution in [-0.2, 0) is 0 Å². The van der Waals surface area contributed by atoms with E-state index in [0.29, 0.717) is 10.3 Å². The van der Waals surface area contributed by atoms with Gasteiger partial charge < -0.3 is 4.90 Å². The van der Waals surface area contributed by atoms with Crippen LogP contribution < -0.4 is 4.90 Å². The number of fused-ring (bicyclic) bond motifs is 1. The van der Waals surface area contributed by atoms with E-state index in [1.165, 1.54) is 12.8 Å². The molecule has 1 saturated heterocycles. The fourth-order valence-electron chi connectivity index (χ4n) is 2.23. The van der Waals surface area contributed by atoms with Crippen molar-refractivity contribution in [2.24, 2.45) is 0 Å². The van der Waals surface area contributed by atoms with Gasteiger partial charge in [-0.3, -0.25) is 0 Å². The molecule has 0 amide bonds. The van der Waals surface area contributed by atoms with Crippen molar-refractivity contribution in [3.63, 3.8) is 0 Å². The second-order valence-electron chi connectivity index (χ2n) is 4.17. The molecule has 1 aliphatic rings. The predicted molar refractivity (Wildman–Crippen MR) is 71.0 cm³/mol. The van der Waals surface area contributed by atoms with E-state index in [1.54, 1.807) is 0 Å². The van der Waals surface area contributed by atoms with Gasteiger partial charge in [0, 0.05) is 23.5 Å². The van der Waals surface area contributed by atoms with Crippen molar-refractivity contribution in [1.82, 2.24) is 9.97 Å². The minimum absolute atomic E-state index is 0.293. The van der Waals surface area contributed by atoms with E-state index in [4.69, 9.17) is 23.2 Å². The molecule has 1 fully saturated rings. The van der Waals surface area contributed by atoms with Crippen molar-refractivity contribution in [3.05, 3.63) is 28.5 Å². The zero-order valence-corrected chi connectivity index (χ0v) is 10.7. The standard InChI is InChI=1S/C12H11Cl2N3/c13-8-3-4-10-9(7-8)11(16-12(14)15-10)17-5-1-2-6-17/h3-4,7H,1-2,5-6H2. The summed E-state index contributed by atoms with van der Waals surface area (Å²) in [7, 11) is 0. The number of nitrogens with zero attached hydrogens (tertiary/aromatic N) is 3. The molecule has 0 radical (unpaired) electrons. The molecule has 0 atom stereocenters. The topological polar surface area (TPSA) is 29.0 Å². The van der Waals surface area contributed by atoms with E-state index in [2.05, 4.69) is 14.9 Å². The molecular formula is C12H11Cl2N3. The molecule has 0 bridgehead atoms. The summed E-state index contributed by atoms with van der Waals surface area (Å²) in [5.41, 5.74) is 0.844. The zero-order chi connectivity index (χ0) is 11.8. The Hall–Kier alpha value is -1.06. The van der Waals surface area contributed by atoms with Crippen LogP contribution in [0.5, 0.6) is 0 Å². The second-order valence-corrected chi connectivity index (χ2v) is 4.95. The maximum Gasteiger partial charge on any atom is 0.224 e. The lowest BCUT2D eigenvalue weighted by atomic mass is 10.2. The van der Waals surface area contributed by atoms with Gasteiger partial charge in [-0.2, -0.15) is 4.98 Å². The average molecular weight is 268 g/mol. The lowest BCUT2D eigenvalue weighted by Crippen LogP contribution is -2.19. The summed E-state index contributed by atoms with van der Waals surface area (Å²) in [5.74, 6) is 0.903. The molecule has 2 aromatic rings. The summed E-state index contributed by atoms with van der Waals surface area (Å²) in [5, 5.41) is 1.97. The van der Waals surface area contributed by atoms with Gasteiger partial charge in [0.05, 0.1) is 5.52 Å². The van der Waals surface area contributed by atoms with Gasteiger partial charge >= 0.3 is 0 Å². The lowest BCUT2D eigenvalue weighted by Gasteiger charge is -2.18. The molecule has 1 aromatic carbocycles. The van der Waals surface area contributed by atoms with Gasteiger partial charge in [-0.05, 0) is 42.6 Å². The van der Waals surface area contributed by atoms with Gasteiger partial charge in [0.2, 0.25) is 5.28 Å². The Morgan fingerprint density at radius 3 is 2.59 bits per heavy atom. The lowest BCUT2D eigenvalue weighted by molar-refractivity contribution is 0.939. The maximum atomic E-state index is 6.03. The molecule has 17 heavy (non-hydrogen) atoms. The van der Waals surface area contributed by atoms with E-state index >= 15 is 0 Å². The van der Waals surface area contributed by atoms with E-state index < -0.39 is 0 Å². The SMILES string of the molecule is Clc1ccc2nc(Cl)nc(N3CCCC3)c2c1. The molecule has 1 aliphatic heterocycles. The van der Waals surface area contributed by atoms with E-state index in [1.807, 2.05) is 18.2 Å². The van der Waals surface area contributed by atoms with Gasteiger partial charge in [0.1, 0.15) is 5.82 Å². The largest absolute Gasteiger partial charge is 0.356 e. The molecule has 0 unspecified atom stereocenters. The van der Waals surface area contributed by atoms with Crippen LogP contribution in [-0.4, -0.2) is 23.1 Å². The number of benzene rings is 1. The van der Waals surface area contributed by atoms with Crippen LogP contribution >= 0.6 is 23.2 Å². The van der Waals surface area contributed by atoms with E-state index in [-0.39, 0.29) is 0 Å². The Balaban J connectivity index is 2.23. The highest BCUT2D eigenvalue weighted by Crippen LogP contribution is 2.29. The molecule has 0 aliphatic carbocycles. The molecule has 0 N–H and O–H groups in total. The molecule has 1 aromatic heterocycles. The van der Waals surface area contributed by atoms with Crippen molar-refractivity contribution in [3.8, 4) is 0 Å². The van der Waals surface area contributed by atoms with Gasteiger partial charge in [0.25, 0.3) is 0 Å². The highest BCUT2D eigenvalue weighted by atomic mass is 35.5. The van der Waals surface area contributed by atoms with Crippen LogP contribution in [0.1, 0.15) is 12.8 Å². The summed E-state index contributed by atoms with van der Waals surface area (Å²) in [6.45, 7) is 2.05. The number of hydrogen-bond donors (Lipinski definition) is 0. The molecule has 0 saturated carbocycles. The number of anilines is 1. The number of aromatic nitrogens is 2. The normalized spacial score (nSPS) is 15.8. The van der Waals surface area contributed by atoms with Gasteiger partial charge in [-0.1, -0.05) is 11.6 Å². The Morgan fingerprint density at radius 1 is 1.06 bits per heavy atom. The Morgan fingerprint density at radius 2 is 1.82 bits per heavy atom. The van der Waals surface area contributed by atoms with Crippen LogP contribution in [0.3, 0.4) is 0 Å². The van der Waals surface area contributed by atoms with E-state index in [0.717, 1.165) is 29.8 Å². The minimum Gasteiger partial charge on any atom is -0.356 e. The summed E-state index contributed by atoms with van der Waals surface area (Å²) < 4.78 is 0. The van der Waals surface area contributed by atoms with Crippen LogP contribution in [0.15, 0.2) is 18.2 Å². The molecular weight excluding hydrogens is 257 g/mol. The Labute approximate surface area is 109 Å². The third-order valence-corrected chi connectivity index (χ3v) is 3.42.